The molecule has 0 aliphatic carbocycles. The summed E-state index contributed by atoms with van der Waals surface area (Å²) in [6.45, 7) is 0.361. The molecule has 0 unspecified atom stereocenters. The molecule has 8 heteroatoms. The summed E-state index contributed by atoms with van der Waals surface area (Å²) in [5.41, 5.74) is 2.38. The third-order valence-electron chi connectivity index (χ3n) is 5.56. The van der Waals surface area contributed by atoms with Crippen molar-refractivity contribution < 1.29 is 22.8 Å². The van der Waals surface area contributed by atoms with Crippen LogP contribution in [-0.4, -0.2) is 28.7 Å². The monoisotopic (exact) mass is 489 g/mol. The molecule has 0 spiro atoms. The zero-order valence-electron chi connectivity index (χ0n) is 19.3. The van der Waals surface area contributed by atoms with Gasteiger partial charge in [0.05, 0.1) is 5.56 Å². The summed E-state index contributed by atoms with van der Waals surface area (Å²) in [4.78, 5) is 31.1. The van der Waals surface area contributed by atoms with Crippen molar-refractivity contribution in [3.63, 3.8) is 0 Å². The summed E-state index contributed by atoms with van der Waals surface area (Å²) >= 11 is 0. The van der Waals surface area contributed by atoms with Crippen LogP contribution >= 0.6 is 0 Å². The molecule has 0 radical (unpaired) electrons. The summed E-state index contributed by atoms with van der Waals surface area (Å²) in [6.07, 6.45) is -2.86. The maximum absolute atomic E-state index is 13.0. The molecule has 1 N–H and O–H groups in total. The summed E-state index contributed by atoms with van der Waals surface area (Å²) in [7, 11) is 1.69. The topological polar surface area (TPSA) is 62.3 Å². The first-order valence-electron chi connectivity index (χ1n) is 11.1. The number of carbonyl (C=O) groups is 2. The highest BCUT2D eigenvalue weighted by molar-refractivity contribution is 6.08. The van der Waals surface area contributed by atoms with E-state index in [1.54, 1.807) is 84.9 Å². The summed E-state index contributed by atoms with van der Waals surface area (Å²) < 4.78 is 38.7. The van der Waals surface area contributed by atoms with Gasteiger partial charge in [-0.25, -0.2) is 0 Å². The lowest BCUT2D eigenvalue weighted by molar-refractivity contribution is -0.137. The molecule has 182 valence electrons. The first-order valence-corrected chi connectivity index (χ1v) is 11.1. The van der Waals surface area contributed by atoms with E-state index in [4.69, 9.17) is 0 Å². The van der Waals surface area contributed by atoms with Crippen LogP contribution in [0.5, 0.6) is 0 Å². The van der Waals surface area contributed by atoms with Crippen LogP contribution in [0, 0.1) is 0 Å². The molecule has 36 heavy (non-hydrogen) atoms. The van der Waals surface area contributed by atoms with Crippen LogP contribution < -0.4 is 5.32 Å². The van der Waals surface area contributed by atoms with Crippen LogP contribution in [0.4, 0.5) is 18.9 Å². The highest BCUT2D eigenvalue weighted by Crippen LogP contribution is 2.32. The highest BCUT2D eigenvalue weighted by atomic mass is 19.4. The summed E-state index contributed by atoms with van der Waals surface area (Å²) in [5, 5.41) is 2.82. The number of benzene rings is 3. The normalized spacial score (nSPS) is 11.1. The molecule has 0 atom stereocenters. The fourth-order valence-electron chi connectivity index (χ4n) is 3.69. The third kappa shape index (κ3) is 5.78. The van der Waals surface area contributed by atoms with E-state index in [0.717, 1.165) is 17.7 Å². The molecule has 4 rings (SSSR count). The summed E-state index contributed by atoms with van der Waals surface area (Å²) in [6, 6.07) is 23.6. The maximum Gasteiger partial charge on any atom is 0.416 e. The molecule has 4 aromatic rings. The number of nitrogens with one attached hydrogen (secondary N) is 1. The number of pyridine rings is 1. The van der Waals surface area contributed by atoms with Gasteiger partial charge in [-0.1, -0.05) is 48.5 Å². The van der Waals surface area contributed by atoms with Crippen molar-refractivity contribution in [2.45, 2.75) is 12.7 Å². The Hall–Kier alpha value is -4.46. The number of carbonyl (C=O) groups excluding carboxylic acids is 2. The number of rotatable bonds is 6. The fraction of sp³-hybridized carbons (Fsp3) is 0.107. The minimum absolute atomic E-state index is 0.201. The van der Waals surface area contributed by atoms with Gasteiger partial charge in [-0.3, -0.25) is 14.6 Å². The number of halogens is 3. The third-order valence-corrected chi connectivity index (χ3v) is 5.56. The average Bonchev–Trinajstić information content (AvgIpc) is 2.89. The molecule has 2 amide bonds. The van der Waals surface area contributed by atoms with Gasteiger partial charge in [-0.05, 0) is 59.2 Å². The fourth-order valence-corrected chi connectivity index (χ4v) is 3.69. The van der Waals surface area contributed by atoms with E-state index in [-0.39, 0.29) is 11.8 Å². The van der Waals surface area contributed by atoms with Gasteiger partial charge in [0.25, 0.3) is 11.8 Å². The molecule has 0 bridgehead atoms. The van der Waals surface area contributed by atoms with E-state index in [9.17, 15) is 22.8 Å². The lowest BCUT2D eigenvalue weighted by Crippen LogP contribution is -2.26. The average molecular weight is 489 g/mol. The predicted octanol–water partition coefficient (Wildman–Crippen LogP) is 6.29. The van der Waals surface area contributed by atoms with Crippen molar-refractivity contribution in [1.82, 2.24) is 9.88 Å². The molecule has 0 aliphatic heterocycles. The zero-order chi connectivity index (χ0) is 25.7. The molecule has 3 aromatic carbocycles. The van der Waals surface area contributed by atoms with Gasteiger partial charge in [0.2, 0.25) is 0 Å². The van der Waals surface area contributed by atoms with Crippen molar-refractivity contribution >= 4 is 17.5 Å². The molecule has 0 saturated carbocycles. The number of hydrogen-bond donors (Lipinski definition) is 1. The SMILES string of the molecule is CN(Cc1ccc(NC(=O)c2ccccc2-c2ccc(C(F)(F)F)cc2)cc1)C(=O)c1ccccn1. The van der Waals surface area contributed by atoms with Crippen molar-refractivity contribution in [3.05, 3.63) is 120 Å². The lowest BCUT2D eigenvalue weighted by atomic mass is 9.98. The minimum Gasteiger partial charge on any atom is -0.336 e. The number of anilines is 1. The van der Waals surface area contributed by atoms with Crippen molar-refractivity contribution in [1.29, 1.82) is 0 Å². The molecule has 1 aromatic heterocycles. The van der Waals surface area contributed by atoms with E-state index in [0.29, 0.717) is 34.6 Å². The number of nitrogens with zero attached hydrogens (tertiary/aromatic N) is 2. The number of alkyl halides is 3. The maximum atomic E-state index is 13.0. The van der Waals surface area contributed by atoms with Gasteiger partial charge in [-0.15, -0.1) is 0 Å². The first kappa shape index (κ1) is 24.7. The van der Waals surface area contributed by atoms with Crippen molar-refractivity contribution in [2.75, 3.05) is 12.4 Å². The van der Waals surface area contributed by atoms with Gasteiger partial charge in [0.15, 0.2) is 0 Å². The lowest BCUT2D eigenvalue weighted by Gasteiger charge is -2.17. The smallest absolute Gasteiger partial charge is 0.336 e. The first-order chi connectivity index (χ1) is 17.2. The van der Waals surface area contributed by atoms with Gasteiger partial charge in [-0.2, -0.15) is 13.2 Å². The van der Waals surface area contributed by atoms with Gasteiger partial charge < -0.3 is 10.2 Å². The minimum atomic E-state index is -4.43. The Morgan fingerprint density at radius 3 is 2.17 bits per heavy atom. The molecular weight excluding hydrogens is 467 g/mol. The zero-order valence-corrected chi connectivity index (χ0v) is 19.3. The molecule has 0 fully saturated rings. The number of aromatic nitrogens is 1. The predicted molar refractivity (Wildman–Crippen MR) is 131 cm³/mol. The Balaban J connectivity index is 1.45. The highest BCUT2D eigenvalue weighted by Gasteiger charge is 2.30. The second kappa shape index (κ2) is 10.4. The van der Waals surface area contributed by atoms with Crippen LogP contribution in [0.15, 0.2) is 97.2 Å². The van der Waals surface area contributed by atoms with Crippen molar-refractivity contribution in [3.8, 4) is 11.1 Å². The van der Waals surface area contributed by atoms with E-state index >= 15 is 0 Å². The largest absolute Gasteiger partial charge is 0.416 e. The Morgan fingerprint density at radius 1 is 0.861 bits per heavy atom. The number of hydrogen-bond acceptors (Lipinski definition) is 3. The Bertz CT molecular complexity index is 1350. The molecular formula is C28H22F3N3O2. The van der Waals surface area contributed by atoms with E-state index in [1.165, 1.54) is 12.1 Å². The molecule has 0 saturated heterocycles. The van der Waals surface area contributed by atoms with Crippen LogP contribution in [0.1, 0.15) is 32.0 Å². The van der Waals surface area contributed by atoms with Crippen LogP contribution in [0.2, 0.25) is 0 Å². The Morgan fingerprint density at radius 2 is 1.53 bits per heavy atom. The van der Waals surface area contributed by atoms with Gasteiger partial charge in [0, 0.05) is 31.0 Å². The van der Waals surface area contributed by atoms with Crippen molar-refractivity contribution in [2.24, 2.45) is 0 Å². The van der Waals surface area contributed by atoms with E-state index in [1.807, 2.05) is 0 Å². The molecule has 5 nitrogen and oxygen atoms in total. The van der Waals surface area contributed by atoms with Crippen LogP contribution in [0.3, 0.4) is 0 Å². The Kier molecular flexibility index (Phi) is 7.15. The van der Waals surface area contributed by atoms with Crippen LogP contribution in [-0.2, 0) is 12.7 Å². The quantitative estimate of drug-likeness (QED) is 0.346. The standard InChI is InChI=1S/C28H22F3N3O2/c1-34(27(36)25-8-4-5-17-32-25)18-19-9-15-22(16-10-19)33-26(35)24-7-3-2-6-23(24)20-11-13-21(14-12-20)28(29,30)31/h2-17H,18H2,1H3,(H,33,35). The van der Waals surface area contributed by atoms with Gasteiger partial charge in [0.1, 0.15) is 5.69 Å². The van der Waals surface area contributed by atoms with Crippen LogP contribution in [0.25, 0.3) is 11.1 Å². The van der Waals surface area contributed by atoms with Gasteiger partial charge >= 0.3 is 6.18 Å². The second-order valence-electron chi connectivity index (χ2n) is 8.15. The van der Waals surface area contributed by atoms with E-state index < -0.39 is 11.7 Å². The Labute approximate surface area is 206 Å². The molecule has 1 heterocycles. The second-order valence-corrected chi connectivity index (χ2v) is 8.15. The van der Waals surface area contributed by atoms with E-state index in [2.05, 4.69) is 10.3 Å². The summed E-state index contributed by atoms with van der Waals surface area (Å²) in [5.74, 6) is -0.589. The molecule has 0 aliphatic rings. The number of amides is 2.